The molecule has 1 aliphatic heterocycles. The highest BCUT2D eigenvalue weighted by molar-refractivity contribution is 5.45. The predicted molar refractivity (Wildman–Crippen MR) is 98.3 cm³/mol. The van der Waals surface area contributed by atoms with E-state index in [2.05, 4.69) is 41.7 Å². The molecule has 2 bridgehead atoms. The molecule has 1 saturated heterocycles. The maximum absolute atomic E-state index is 5.74. The summed E-state index contributed by atoms with van der Waals surface area (Å²) in [4.78, 5) is 2.67. The van der Waals surface area contributed by atoms with Crippen LogP contribution >= 0.6 is 0 Å². The molecule has 0 N–H and O–H groups in total. The van der Waals surface area contributed by atoms with Crippen molar-refractivity contribution in [2.24, 2.45) is 5.92 Å². The molecule has 0 amide bonds. The molecule has 2 nitrogen and oxygen atoms in total. The summed E-state index contributed by atoms with van der Waals surface area (Å²) in [5.41, 5.74) is 3.46. The number of rotatable bonds is 4. The van der Waals surface area contributed by atoms with Crippen LogP contribution in [0.2, 0.25) is 0 Å². The maximum Gasteiger partial charge on any atom is 0.148 e. The van der Waals surface area contributed by atoms with Crippen molar-refractivity contribution in [1.29, 1.82) is 0 Å². The van der Waals surface area contributed by atoms with Crippen LogP contribution in [0.1, 0.15) is 43.2 Å². The Labute approximate surface area is 145 Å². The van der Waals surface area contributed by atoms with Gasteiger partial charge in [0, 0.05) is 18.0 Å². The number of hydrogen-bond donors (Lipinski definition) is 0. The van der Waals surface area contributed by atoms with Crippen molar-refractivity contribution in [3.05, 3.63) is 42.0 Å². The summed E-state index contributed by atoms with van der Waals surface area (Å²) >= 11 is 0. The number of piperidine rings is 1. The van der Waals surface area contributed by atoms with Crippen molar-refractivity contribution >= 4 is 0 Å². The molecule has 0 unspecified atom stereocenters. The Morgan fingerprint density at radius 3 is 3.12 bits per heavy atom. The minimum Gasteiger partial charge on any atom is -0.481 e. The summed E-state index contributed by atoms with van der Waals surface area (Å²) in [6, 6.07) is 7.38. The van der Waals surface area contributed by atoms with E-state index in [1.807, 2.05) is 0 Å². The zero-order chi connectivity index (χ0) is 16.6. The number of hydrogen-bond acceptors (Lipinski definition) is 2. The minimum absolute atomic E-state index is 0.352. The van der Waals surface area contributed by atoms with Gasteiger partial charge in [-0.05, 0) is 61.4 Å². The van der Waals surface area contributed by atoms with Crippen LogP contribution in [0.3, 0.4) is 0 Å². The van der Waals surface area contributed by atoms with E-state index in [0.717, 1.165) is 18.2 Å². The van der Waals surface area contributed by atoms with Gasteiger partial charge in [-0.1, -0.05) is 30.9 Å². The third kappa shape index (κ3) is 2.38. The lowest BCUT2D eigenvalue weighted by molar-refractivity contribution is -0.00519. The van der Waals surface area contributed by atoms with Gasteiger partial charge in [-0.2, -0.15) is 0 Å². The monoisotopic (exact) mass is 321 g/mol. The molecule has 2 heteroatoms. The van der Waals surface area contributed by atoms with Crippen molar-refractivity contribution in [2.45, 2.75) is 50.0 Å². The summed E-state index contributed by atoms with van der Waals surface area (Å²) < 4.78 is 5.74. The van der Waals surface area contributed by atoms with Gasteiger partial charge < -0.3 is 4.74 Å². The first-order chi connectivity index (χ1) is 11.8. The van der Waals surface area contributed by atoms with Crippen LogP contribution in [0.4, 0.5) is 0 Å². The van der Waals surface area contributed by atoms with Crippen molar-refractivity contribution in [3.63, 3.8) is 0 Å². The van der Waals surface area contributed by atoms with E-state index in [4.69, 9.17) is 11.2 Å². The van der Waals surface area contributed by atoms with Gasteiger partial charge in [0.2, 0.25) is 0 Å². The maximum atomic E-state index is 5.74. The van der Waals surface area contributed by atoms with Gasteiger partial charge in [-0.15, -0.1) is 13.0 Å². The van der Waals surface area contributed by atoms with E-state index in [9.17, 15) is 0 Å². The zero-order valence-corrected chi connectivity index (χ0v) is 14.5. The molecular weight excluding hydrogens is 294 g/mol. The minimum atomic E-state index is 0.352. The molecule has 3 aliphatic rings. The molecule has 0 aromatic heterocycles. The fraction of sp³-hybridized carbons (Fsp3) is 0.545. The Bertz CT molecular complexity index is 673. The molecule has 1 aromatic rings. The van der Waals surface area contributed by atoms with Crippen LogP contribution in [-0.2, 0) is 11.8 Å². The zero-order valence-electron chi connectivity index (χ0n) is 14.5. The fourth-order valence-electron chi connectivity index (χ4n) is 5.67. The molecule has 1 saturated carbocycles. The molecule has 3 atom stereocenters. The van der Waals surface area contributed by atoms with Gasteiger partial charge in [0.05, 0.1) is 0 Å². The van der Waals surface area contributed by atoms with Gasteiger partial charge in [0.25, 0.3) is 0 Å². The Hall–Kier alpha value is -1.72. The number of nitrogens with zero attached hydrogens (tertiary/aromatic N) is 1. The van der Waals surface area contributed by atoms with E-state index < -0.39 is 0 Å². The first kappa shape index (κ1) is 15.8. The summed E-state index contributed by atoms with van der Waals surface area (Å²) in [7, 11) is 0. The lowest BCUT2D eigenvalue weighted by Crippen LogP contribution is -2.60. The van der Waals surface area contributed by atoms with Crippen molar-refractivity contribution in [3.8, 4) is 18.1 Å². The van der Waals surface area contributed by atoms with Crippen LogP contribution in [0.25, 0.3) is 0 Å². The normalized spacial score (nSPS) is 31.5. The molecule has 1 aromatic carbocycles. The number of likely N-dealkylation sites (tertiary alicyclic amines) is 1. The van der Waals surface area contributed by atoms with Crippen LogP contribution in [0, 0.1) is 18.3 Å². The van der Waals surface area contributed by atoms with E-state index in [1.165, 1.54) is 50.6 Å². The third-order valence-electron chi connectivity index (χ3n) is 6.61. The molecule has 0 radical (unpaired) electrons. The lowest BCUT2D eigenvalue weighted by atomic mass is 9.52. The lowest BCUT2D eigenvalue weighted by Gasteiger charge is -2.59. The van der Waals surface area contributed by atoms with Crippen LogP contribution < -0.4 is 4.74 Å². The van der Waals surface area contributed by atoms with Crippen LogP contribution in [0.5, 0.6) is 5.75 Å². The van der Waals surface area contributed by atoms with Gasteiger partial charge >= 0.3 is 0 Å². The van der Waals surface area contributed by atoms with Crippen LogP contribution in [-0.4, -0.2) is 30.6 Å². The molecule has 24 heavy (non-hydrogen) atoms. The van der Waals surface area contributed by atoms with Crippen molar-refractivity contribution < 1.29 is 4.74 Å². The summed E-state index contributed by atoms with van der Waals surface area (Å²) in [5, 5.41) is 0. The Morgan fingerprint density at radius 1 is 1.38 bits per heavy atom. The first-order valence-electron chi connectivity index (χ1n) is 9.33. The van der Waals surface area contributed by atoms with Crippen LogP contribution in [0.15, 0.2) is 30.9 Å². The number of terminal acetylenes is 1. The predicted octanol–water partition coefficient (Wildman–Crippen LogP) is 3.94. The second-order valence-electron chi connectivity index (χ2n) is 7.63. The molecular formula is C22H27NO. The fourth-order valence-corrected chi connectivity index (χ4v) is 5.67. The highest BCUT2D eigenvalue weighted by Crippen LogP contribution is 2.56. The molecule has 2 fully saturated rings. The topological polar surface area (TPSA) is 12.5 Å². The number of fused-ring (bicyclic) bond motifs is 1. The molecule has 4 rings (SSSR count). The van der Waals surface area contributed by atoms with E-state index in [0.29, 0.717) is 18.1 Å². The van der Waals surface area contributed by atoms with Crippen molar-refractivity contribution in [1.82, 2.24) is 4.90 Å². The van der Waals surface area contributed by atoms with E-state index in [1.54, 1.807) is 5.56 Å². The Morgan fingerprint density at radius 2 is 2.29 bits per heavy atom. The molecule has 0 spiro atoms. The Kier molecular flexibility index (Phi) is 4.14. The highest BCUT2D eigenvalue weighted by atomic mass is 16.5. The molecule has 2 aliphatic carbocycles. The van der Waals surface area contributed by atoms with Crippen molar-refractivity contribution in [2.75, 3.05) is 19.7 Å². The van der Waals surface area contributed by atoms with Gasteiger partial charge in [0.1, 0.15) is 12.4 Å². The summed E-state index contributed by atoms with van der Waals surface area (Å²) in [5.74, 6) is 4.31. The number of ether oxygens (including phenoxy) is 1. The first-order valence-corrected chi connectivity index (χ1v) is 9.33. The van der Waals surface area contributed by atoms with Gasteiger partial charge in [0.15, 0.2) is 0 Å². The average molecular weight is 321 g/mol. The quantitative estimate of drug-likeness (QED) is 0.615. The third-order valence-corrected chi connectivity index (χ3v) is 6.61. The Balaban J connectivity index is 1.75. The standard InChI is InChI=1S/C22H27NO/c1-3-12-23-13-11-22-10-6-5-7-19(22)21(23)15-17-8-9-18(16-20(17)22)24-14-4-2/h2-3,8-9,16,19,21H,1,5-7,10-15H2/t19-,21+,22+/m0/s1. The SMILES string of the molecule is C#CCOc1ccc2c(c1)[C@@]13CCCC[C@H]1[C@@H](C2)N(CC=C)CC3. The number of benzene rings is 1. The summed E-state index contributed by atoms with van der Waals surface area (Å²) in [6.07, 6.45) is 15.3. The van der Waals surface area contributed by atoms with Gasteiger partial charge in [-0.3, -0.25) is 4.90 Å². The smallest absolute Gasteiger partial charge is 0.148 e. The largest absolute Gasteiger partial charge is 0.481 e. The second-order valence-corrected chi connectivity index (χ2v) is 7.63. The molecule has 126 valence electrons. The highest BCUT2D eigenvalue weighted by Gasteiger charge is 2.53. The van der Waals surface area contributed by atoms with E-state index in [-0.39, 0.29) is 0 Å². The van der Waals surface area contributed by atoms with E-state index >= 15 is 0 Å². The molecule has 1 heterocycles. The average Bonchev–Trinajstić information content (AvgIpc) is 2.62. The summed E-state index contributed by atoms with van der Waals surface area (Å²) in [6.45, 7) is 6.55. The second kappa shape index (κ2) is 6.30. The van der Waals surface area contributed by atoms with Gasteiger partial charge in [-0.25, -0.2) is 0 Å².